The number of rotatable bonds is 2. The Morgan fingerprint density at radius 1 is 1.17 bits per heavy atom. The van der Waals surface area contributed by atoms with Gasteiger partial charge < -0.3 is 14.2 Å². The van der Waals surface area contributed by atoms with E-state index in [9.17, 15) is 0 Å². The standard InChI is InChI=1S/C20H25NO3/c1-12-18(23-4)6-5-15-16-7-8-21(2)17(15)10-13-9-14(22-3)11-19(24-12)20(13)16/h5-6,9,11-12,16-17H,7-8,10H2,1-4H3/b15-5+,18-6+/t12-,16-,17-/m1/s1. The Morgan fingerprint density at radius 2 is 2.00 bits per heavy atom. The normalized spacial score (nSPS) is 32.9. The molecule has 4 heteroatoms. The minimum absolute atomic E-state index is 0.125. The van der Waals surface area contributed by atoms with Crippen molar-refractivity contribution in [2.45, 2.75) is 37.8 Å². The number of likely N-dealkylation sites (tertiary alicyclic amines) is 1. The van der Waals surface area contributed by atoms with Crippen LogP contribution in [0.25, 0.3) is 0 Å². The molecule has 0 amide bonds. The van der Waals surface area contributed by atoms with Gasteiger partial charge in [0.1, 0.15) is 17.3 Å². The summed E-state index contributed by atoms with van der Waals surface area (Å²) >= 11 is 0. The maximum Gasteiger partial charge on any atom is 0.153 e. The summed E-state index contributed by atoms with van der Waals surface area (Å²) in [5, 5.41) is 0. The summed E-state index contributed by atoms with van der Waals surface area (Å²) in [6.45, 7) is 3.15. The maximum atomic E-state index is 6.32. The molecule has 4 nitrogen and oxygen atoms in total. The molecule has 0 saturated carbocycles. The van der Waals surface area contributed by atoms with Crippen LogP contribution in [-0.2, 0) is 11.2 Å². The molecule has 4 rings (SSSR count). The van der Waals surface area contributed by atoms with E-state index in [1.807, 2.05) is 13.0 Å². The predicted octanol–water partition coefficient (Wildman–Crippen LogP) is 3.28. The third-order valence-corrected chi connectivity index (χ3v) is 5.67. The average Bonchev–Trinajstić information content (AvgIpc) is 2.62. The van der Waals surface area contributed by atoms with Crippen molar-refractivity contribution in [3.63, 3.8) is 0 Å². The number of benzene rings is 1. The summed E-state index contributed by atoms with van der Waals surface area (Å²) in [5.41, 5.74) is 4.19. The number of piperidine rings is 1. The van der Waals surface area contributed by atoms with Gasteiger partial charge in [0.15, 0.2) is 6.10 Å². The highest BCUT2D eigenvalue weighted by atomic mass is 16.5. The fourth-order valence-electron chi connectivity index (χ4n) is 4.39. The highest BCUT2D eigenvalue weighted by Gasteiger charge is 2.40. The molecule has 0 unspecified atom stereocenters. The topological polar surface area (TPSA) is 30.9 Å². The summed E-state index contributed by atoms with van der Waals surface area (Å²) in [5.74, 6) is 3.09. The lowest BCUT2D eigenvalue weighted by Crippen LogP contribution is -2.45. The molecule has 4 bridgehead atoms. The van der Waals surface area contributed by atoms with Crippen LogP contribution in [0, 0.1) is 0 Å². The van der Waals surface area contributed by atoms with Gasteiger partial charge in [-0.15, -0.1) is 0 Å². The van der Waals surface area contributed by atoms with Crippen molar-refractivity contribution in [1.29, 1.82) is 0 Å². The second kappa shape index (κ2) is 5.85. The monoisotopic (exact) mass is 327 g/mol. The first-order chi connectivity index (χ1) is 11.6. The van der Waals surface area contributed by atoms with Gasteiger partial charge in [0.25, 0.3) is 0 Å². The number of allylic oxidation sites excluding steroid dienone is 2. The van der Waals surface area contributed by atoms with E-state index in [0.29, 0.717) is 12.0 Å². The van der Waals surface area contributed by atoms with Gasteiger partial charge in [-0.05, 0) is 56.6 Å². The summed E-state index contributed by atoms with van der Waals surface area (Å²) in [6, 6.07) is 4.66. The fraction of sp³-hybridized carbons (Fsp3) is 0.500. The Balaban J connectivity index is 1.95. The van der Waals surface area contributed by atoms with Gasteiger partial charge in [0, 0.05) is 23.6 Å². The van der Waals surface area contributed by atoms with E-state index in [4.69, 9.17) is 14.2 Å². The van der Waals surface area contributed by atoms with Crippen LogP contribution in [0.2, 0.25) is 0 Å². The van der Waals surface area contributed by atoms with Crippen LogP contribution in [0.15, 0.2) is 35.6 Å². The summed E-state index contributed by atoms with van der Waals surface area (Å²) in [6.07, 6.45) is 6.37. The quantitative estimate of drug-likeness (QED) is 0.834. The molecular formula is C20H25NO3. The van der Waals surface area contributed by atoms with Crippen molar-refractivity contribution >= 4 is 0 Å². The van der Waals surface area contributed by atoms with Gasteiger partial charge in [-0.25, -0.2) is 0 Å². The number of likely N-dealkylation sites (N-methyl/N-ethyl adjacent to an activating group) is 1. The van der Waals surface area contributed by atoms with Gasteiger partial charge >= 0.3 is 0 Å². The molecule has 1 aliphatic carbocycles. The van der Waals surface area contributed by atoms with Gasteiger partial charge in [0.05, 0.1) is 14.2 Å². The zero-order valence-electron chi connectivity index (χ0n) is 14.8. The predicted molar refractivity (Wildman–Crippen MR) is 93.7 cm³/mol. The SMILES string of the molecule is CO/C1=C/C=C2\[C@H]3CCN(C)[C@@H]2Cc2cc(OC)cc(c23)O[C@@H]1C. The molecule has 3 atom stereocenters. The van der Waals surface area contributed by atoms with Crippen LogP contribution in [-0.4, -0.2) is 44.9 Å². The lowest BCUT2D eigenvalue weighted by Gasteiger charge is -2.45. The molecule has 128 valence electrons. The Hall–Kier alpha value is -1.94. The van der Waals surface area contributed by atoms with E-state index in [2.05, 4.69) is 30.2 Å². The first-order valence-electron chi connectivity index (χ1n) is 8.65. The summed E-state index contributed by atoms with van der Waals surface area (Å²) in [7, 11) is 5.65. The number of methoxy groups -OCH3 is 2. The molecule has 0 radical (unpaired) electrons. The third-order valence-electron chi connectivity index (χ3n) is 5.67. The second-order valence-electron chi connectivity index (χ2n) is 6.94. The van der Waals surface area contributed by atoms with Gasteiger partial charge in [-0.1, -0.05) is 6.08 Å². The Kier molecular flexibility index (Phi) is 3.80. The van der Waals surface area contributed by atoms with Crippen LogP contribution in [0.5, 0.6) is 11.5 Å². The zero-order valence-corrected chi connectivity index (χ0v) is 14.8. The van der Waals surface area contributed by atoms with Crippen LogP contribution in [0.3, 0.4) is 0 Å². The number of ether oxygens (including phenoxy) is 3. The van der Waals surface area contributed by atoms with Crippen molar-refractivity contribution in [2.24, 2.45) is 0 Å². The molecule has 1 aromatic carbocycles. The molecule has 0 aromatic heterocycles. The van der Waals surface area contributed by atoms with E-state index in [1.54, 1.807) is 14.2 Å². The number of hydrogen-bond acceptors (Lipinski definition) is 4. The van der Waals surface area contributed by atoms with Crippen LogP contribution >= 0.6 is 0 Å². The van der Waals surface area contributed by atoms with E-state index in [0.717, 1.165) is 36.6 Å². The molecule has 1 saturated heterocycles. The smallest absolute Gasteiger partial charge is 0.153 e. The summed E-state index contributed by atoms with van der Waals surface area (Å²) < 4.78 is 17.4. The number of hydrogen-bond donors (Lipinski definition) is 0. The van der Waals surface area contributed by atoms with Crippen molar-refractivity contribution in [3.8, 4) is 11.5 Å². The molecule has 0 N–H and O–H groups in total. The van der Waals surface area contributed by atoms with Crippen LogP contribution in [0.1, 0.15) is 30.4 Å². The van der Waals surface area contributed by atoms with Gasteiger partial charge in [-0.3, -0.25) is 4.90 Å². The average molecular weight is 327 g/mol. The summed E-state index contributed by atoms with van der Waals surface area (Å²) in [4.78, 5) is 2.47. The maximum absolute atomic E-state index is 6.32. The van der Waals surface area contributed by atoms with Crippen molar-refractivity contribution in [3.05, 3.63) is 46.7 Å². The molecule has 1 aromatic rings. The molecule has 2 aliphatic heterocycles. The lowest BCUT2D eigenvalue weighted by atomic mass is 9.71. The molecule has 2 heterocycles. The number of nitrogens with zero attached hydrogens (tertiary/aromatic N) is 1. The second-order valence-corrected chi connectivity index (χ2v) is 6.94. The van der Waals surface area contributed by atoms with Crippen molar-refractivity contribution < 1.29 is 14.2 Å². The Bertz CT molecular complexity index is 722. The minimum Gasteiger partial charge on any atom is -0.497 e. The minimum atomic E-state index is -0.125. The van der Waals surface area contributed by atoms with Gasteiger partial charge in [-0.2, -0.15) is 0 Å². The van der Waals surface area contributed by atoms with E-state index in [1.165, 1.54) is 16.7 Å². The van der Waals surface area contributed by atoms with E-state index < -0.39 is 0 Å². The molecule has 1 fully saturated rings. The Morgan fingerprint density at radius 3 is 2.75 bits per heavy atom. The van der Waals surface area contributed by atoms with Crippen LogP contribution in [0.4, 0.5) is 0 Å². The third kappa shape index (κ3) is 2.32. The highest BCUT2D eigenvalue weighted by molar-refractivity contribution is 5.56. The lowest BCUT2D eigenvalue weighted by molar-refractivity contribution is 0.156. The van der Waals surface area contributed by atoms with Crippen molar-refractivity contribution in [1.82, 2.24) is 4.90 Å². The Labute approximate surface area is 143 Å². The van der Waals surface area contributed by atoms with E-state index in [-0.39, 0.29) is 6.10 Å². The van der Waals surface area contributed by atoms with Crippen LogP contribution < -0.4 is 9.47 Å². The van der Waals surface area contributed by atoms with Crippen molar-refractivity contribution in [2.75, 3.05) is 27.8 Å². The first-order valence-corrected chi connectivity index (χ1v) is 8.65. The molecule has 24 heavy (non-hydrogen) atoms. The highest BCUT2D eigenvalue weighted by Crippen LogP contribution is 2.49. The first kappa shape index (κ1) is 15.6. The van der Waals surface area contributed by atoms with E-state index >= 15 is 0 Å². The molecule has 0 spiro atoms. The molecule has 3 aliphatic rings. The fourth-order valence-corrected chi connectivity index (χ4v) is 4.39. The molecular weight excluding hydrogens is 302 g/mol. The van der Waals surface area contributed by atoms with Gasteiger partial charge in [0.2, 0.25) is 0 Å². The zero-order chi connectivity index (χ0) is 16.8. The largest absolute Gasteiger partial charge is 0.497 e.